The van der Waals surface area contributed by atoms with Crippen LogP contribution < -0.4 is 24.6 Å². The van der Waals surface area contributed by atoms with Gasteiger partial charge in [0, 0.05) is 66.9 Å². The number of benzene rings is 3. The summed E-state index contributed by atoms with van der Waals surface area (Å²) >= 11 is 0. The summed E-state index contributed by atoms with van der Waals surface area (Å²) in [6, 6.07) is 23.2. The third-order valence-electron chi connectivity index (χ3n) is 9.64. The minimum Gasteiger partial charge on any atom is -0.497 e. The number of ether oxygens (including phenoxy) is 3. The van der Waals surface area contributed by atoms with Crippen molar-refractivity contribution in [3.8, 4) is 11.5 Å². The Morgan fingerprint density at radius 1 is 0.939 bits per heavy atom. The first-order valence-corrected chi connectivity index (χ1v) is 17.6. The molecule has 5 rings (SSSR count). The van der Waals surface area contributed by atoms with Crippen LogP contribution in [0.15, 0.2) is 78.0 Å². The number of carbonyl (C=O) groups is 2. The summed E-state index contributed by atoms with van der Waals surface area (Å²) in [6.07, 6.45) is 5.53. The van der Waals surface area contributed by atoms with E-state index in [1.165, 1.54) is 5.56 Å². The lowest BCUT2D eigenvalue weighted by molar-refractivity contribution is -0.113. The van der Waals surface area contributed by atoms with Crippen LogP contribution in [-0.4, -0.2) is 59.1 Å². The van der Waals surface area contributed by atoms with Gasteiger partial charge in [0.25, 0.3) is 0 Å². The van der Waals surface area contributed by atoms with Gasteiger partial charge in [-0.05, 0) is 95.2 Å². The van der Waals surface area contributed by atoms with E-state index in [1.807, 2.05) is 24.3 Å². The van der Waals surface area contributed by atoms with Gasteiger partial charge in [-0.15, -0.1) is 0 Å². The standard InChI is InChI=1S/C35H45N3O3.C6H10O2/c1-9-25(26-14-17-28(40-7)18-15-26)20-32-30(22-39)35(37(6)33-13-11-10-12-31(33)36-32)29-19-16-27(21-34(29)41-8)38(23(2)3)24(4)5;7-5-6-1-3-8-4-2-6/h10-19,21-25,35-36H,9,20H2,1-8H3;5-6H,1-4H2. The summed E-state index contributed by atoms with van der Waals surface area (Å²) in [7, 11) is 5.45. The summed E-state index contributed by atoms with van der Waals surface area (Å²) in [4.78, 5) is 27.7. The smallest absolute Gasteiger partial charge is 0.150 e. The molecule has 2 aliphatic rings. The van der Waals surface area contributed by atoms with Gasteiger partial charge >= 0.3 is 0 Å². The van der Waals surface area contributed by atoms with E-state index in [9.17, 15) is 9.59 Å². The number of anilines is 3. The van der Waals surface area contributed by atoms with Crippen molar-refractivity contribution < 1.29 is 23.8 Å². The predicted molar refractivity (Wildman–Crippen MR) is 200 cm³/mol. The first-order chi connectivity index (χ1) is 23.7. The third-order valence-corrected chi connectivity index (χ3v) is 9.64. The van der Waals surface area contributed by atoms with Crippen LogP contribution in [-0.2, 0) is 14.3 Å². The Hall–Kier alpha value is -4.30. The van der Waals surface area contributed by atoms with Crippen LogP contribution in [0.4, 0.5) is 17.1 Å². The lowest BCUT2D eigenvalue weighted by atomic mass is 9.88. The zero-order valence-corrected chi connectivity index (χ0v) is 30.6. The summed E-state index contributed by atoms with van der Waals surface area (Å²) in [5.41, 5.74) is 6.95. The molecule has 0 saturated carbocycles. The lowest BCUT2D eigenvalue weighted by Gasteiger charge is -2.35. The Morgan fingerprint density at radius 2 is 1.61 bits per heavy atom. The molecule has 0 spiro atoms. The van der Waals surface area contributed by atoms with Crippen LogP contribution in [0.2, 0.25) is 0 Å². The number of hydrogen-bond acceptors (Lipinski definition) is 8. The summed E-state index contributed by atoms with van der Waals surface area (Å²) in [5.74, 6) is 2.11. The summed E-state index contributed by atoms with van der Waals surface area (Å²) < 4.78 is 16.4. The Balaban J connectivity index is 0.000000592. The second-order valence-electron chi connectivity index (χ2n) is 13.4. The highest BCUT2D eigenvalue weighted by molar-refractivity contribution is 5.85. The molecule has 49 heavy (non-hydrogen) atoms. The fraction of sp³-hybridized carbons (Fsp3) is 0.463. The number of aldehydes is 2. The van der Waals surface area contributed by atoms with E-state index < -0.39 is 0 Å². The topological polar surface area (TPSA) is 80.3 Å². The molecule has 3 aromatic carbocycles. The van der Waals surface area contributed by atoms with Gasteiger partial charge in [-0.25, -0.2) is 0 Å². The minimum atomic E-state index is -0.331. The summed E-state index contributed by atoms with van der Waals surface area (Å²) in [5, 5.41) is 3.68. The van der Waals surface area contributed by atoms with E-state index in [2.05, 4.69) is 99.2 Å². The van der Waals surface area contributed by atoms with Crippen molar-refractivity contribution in [3.05, 3.63) is 89.1 Å². The van der Waals surface area contributed by atoms with Gasteiger partial charge in [-0.2, -0.15) is 0 Å². The molecular weight excluding hydrogens is 614 g/mol. The Bertz CT molecular complexity index is 1540. The quantitative estimate of drug-likeness (QED) is 0.192. The van der Waals surface area contributed by atoms with Crippen molar-refractivity contribution in [2.75, 3.05) is 49.6 Å². The van der Waals surface area contributed by atoms with E-state index >= 15 is 0 Å². The fourth-order valence-corrected chi connectivity index (χ4v) is 7.07. The van der Waals surface area contributed by atoms with Crippen molar-refractivity contribution in [1.82, 2.24) is 0 Å². The van der Waals surface area contributed by atoms with Gasteiger partial charge in [0.15, 0.2) is 0 Å². The Labute approximate surface area is 293 Å². The summed E-state index contributed by atoms with van der Waals surface area (Å²) in [6.45, 7) is 12.5. The van der Waals surface area contributed by atoms with Crippen LogP contribution in [0.1, 0.15) is 83.4 Å². The SMILES string of the molecule is CCC(CC1=C(C=O)C(c2ccc(N(C(C)C)C(C)C)cc2OC)N(C)c2ccccc2N1)c1ccc(OC)cc1.O=CC1CCOCC1. The number of hydrogen-bond donors (Lipinski definition) is 1. The largest absolute Gasteiger partial charge is 0.497 e. The van der Waals surface area contributed by atoms with Crippen molar-refractivity contribution in [3.63, 3.8) is 0 Å². The van der Waals surface area contributed by atoms with Gasteiger partial charge in [0.1, 0.15) is 24.1 Å². The number of para-hydroxylation sites is 2. The number of nitrogens with zero attached hydrogens (tertiary/aromatic N) is 2. The van der Waals surface area contributed by atoms with Gasteiger partial charge in [-0.3, -0.25) is 4.79 Å². The Morgan fingerprint density at radius 3 is 2.16 bits per heavy atom. The van der Waals surface area contributed by atoms with Crippen molar-refractivity contribution in [2.24, 2.45) is 5.92 Å². The molecule has 264 valence electrons. The molecule has 0 bridgehead atoms. The molecule has 0 radical (unpaired) electrons. The Kier molecular flexibility index (Phi) is 13.7. The molecule has 2 atom stereocenters. The molecule has 3 aromatic rings. The molecule has 1 saturated heterocycles. The second-order valence-corrected chi connectivity index (χ2v) is 13.4. The number of fused-ring (bicyclic) bond motifs is 1. The molecule has 0 aromatic heterocycles. The normalized spacial score (nSPS) is 16.9. The molecule has 0 aliphatic carbocycles. The number of nitrogens with one attached hydrogen (secondary N) is 1. The molecule has 2 aliphatic heterocycles. The maximum atomic E-state index is 13.1. The van der Waals surface area contributed by atoms with E-state index in [0.29, 0.717) is 24.1 Å². The van der Waals surface area contributed by atoms with Crippen LogP contribution in [0, 0.1) is 5.92 Å². The minimum absolute atomic E-state index is 0.226. The highest BCUT2D eigenvalue weighted by Gasteiger charge is 2.33. The molecule has 2 unspecified atom stereocenters. The first kappa shape index (κ1) is 37.5. The van der Waals surface area contributed by atoms with Gasteiger partial charge in [0.05, 0.1) is 31.6 Å². The number of allylic oxidation sites excluding steroid dienone is 1. The van der Waals surface area contributed by atoms with Crippen LogP contribution in [0.5, 0.6) is 11.5 Å². The zero-order chi connectivity index (χ0) is 35.5. The van der Waals surface area contributed by atoms with E-state index in [0.717, 1.165) is 84.9 Å². The van der Waals surface area contributed by atoms with Crippen molar-refractivity contribution >= 4 is 29.6 Å². The van der Waals surface area contributed by atoms with E-state index in [4.69, 9.17) is 14.2 Å². The molecule has 2 heterocycles. The zero-order valence-electron chi connectivity index (χ0n) is 30.6. The van der Waals surface area contributed by atoms with Gasteiger partial charge in [0.2, 0.25) is 0 Å². The molecule has 1 fully saturated rings. The maximum Gasteiger partial charge on any atom is 0.150 e. The number of rotatable bonds is 12. The maximum absolute atomic E-state index is 13.1. The second kappa shape index (κ2) is 17.9. The van der Waals surface area contributed by atoms with Crippen LogP contribution >= 0.6 is 0 Å². The predicted octanol–water partition coefficient (Wildman–Crippen LogP) is 8.58. The van der Waals surface area contributed by atoms with E-state index in [1.54, 1.807) is 14.2 Å². The number of likely N-dealkylation sites (N-methyl/N-ethyl adjacent to an activating group) is 1. The molecule has 8 nitrogen and oxygen atoms in total. The monoisotopic (exact) mass is 669 g/mol. The van der Waals surface area contributed by atoms with Crippen molar-refractivity contribution in [2.45, 2.75) is 84.3 Å². The van der Waals surface area contributed by atoms with Gasteiger partial charge < -0.3 is 34.1 Å². The molecular formula is C41H55N3O5. The average Bonchev–Trinajstić information content (AvgIpc) is 3.24. The number of methoxy groups -OCH3 is 2. The lowest BCUT2D eigenvalue weighted by Crippen LogP contribution is -2.37. The first-order valence-electron chi connectivity index (χ1n) is 17.6. The highest BCUT2D eigenvalue weighted by Crippen LogP contribution is 2.45. The van der Waals surface area contributed by atoms with Crippen molar-refractivity contribution in [1.29, 1.82) is 0 Å². The fourth-order valence-electron chi connectivity index (χ4n) is 7.07. The molecule has 0 amide bonds. The average molecular weight is 670 g/mol. The van der Waals surface area contributed by atoms with Gasteiger partial charge in [-0.1, -0.05) is 37.3 Å². The third kappa shape index (κ3) is 9.04. The van der Waals surface area contributed by atoms with Crippen LogP contribution in [0.3, 0.4) is 0 Å². The molecule has 1 N–H and O–H groups in total. The molecule has 8 heteroatoms. The van der Waals surface area contributed by atoms with Crippen LogP contribution in [0.25, 0.3) is 0 Å². The van der Waals surface area contributed by atoms with E-state index in [-0.39, 0.29) is 17.9 Å². The highest BCUT2D eigenvalue weighted by atomic mass is 16.5. The number of carbonyl (C=O) groups excluding carboxylic acids is 2.